The Morgan fingerprint density at radius 1 is 0.920 bits per heavy atom. The van der Waals surface area contributed by atoms with Crippen molar-refractivity contribution in [2.24, 2.45) is 0 Å². The van der Waals surface area contributed by atoms with Gasteiger partial charge in [0.2, 0.25) is 0 Å². The molecule has 2 rings (SSSR count). The molecule has 138 valence electrons. The molecule has 0 atom stereocenters. The molecule has 0 saturated heterocycles. The highest BCUT2D eigenvalue weighted by Crippen LogP contribution is 2.15. The third kappa shape index (κ3) is 5.62. The fraction of sp³-hybridized carbons (Fsp3) is 0.556. The topological polar surface area (TPSA) is 69.8 Å². The summed E-state index contributed by atoms with van der Waals surface area (Å²) >= 11 is 0. The van der Waals surface area contributed by atoms with E-state index >= 15 is 0 Å². The standard InChI is InChI=1S/C9H13FN2O.C9H14N2O/c1-6(13)8-7(10)5-12(11-8)9(2,3)4;1-7(12)8-5-6-11(10-8)9(2,3)4/h5H,1-4H3;5-6H,1-4H3. The molecule has 0 bridgehead atoms. The van der Waals surface area contributed by atoms with Crippen molar-refractivity contribution < 1.29 is 14.0 Å². The summed E-state index contributed by atoms with van der Waals surface area (Å²) < 4.78 is 16.3. The van der Waals surface area contributed by atoms with Crippen molar-refractivity contribution in [2.45, 2.75) is 66.5 Å². The van der Waals surface area contributed by atoms with Crippen molar-refractivity contribution in [3.8, 4) is 0 Å². The van der Waals surface area contributed by atoms with E-state index in [0.717, 1.165) is 0 Å². The predicted octanol–water partition coefficient (Wildman–Crippen LogP) is 3.82. The maximum Gasteiger partial charge on any atom is 0.183 e. The van der Waals surface area contributed by atoms with Crippen molar-refractivity contribution in [1.82, 2.24) is 19.6 Å². The van der Waals surface area contributed by atoms with E-state index in [1.165, 1.54) is 24.7 Å². The Morgan fingerprint density at radius 2 is 1.44 bits per heavy atom. The lowest BCUT2D eigenvalue weighted by molar-refractivity contribution is 0.0996. The minimum atomic E-state index is -0.553. The maximum absolute atomic E-state index is 13.1. The summed E-state index contributed by atoms with van der Waals surface area (Å²) in [5.41, 5.74) is 0.0993. The van der Waals surface area contributed by atoms with Gasteiger partial charge in [0.15, 0.2) is 23.1 Å². The molecule has 0 saturated carbocycles. The van der Waals surface area contributed by atoms with E-state index in [0.29, 0.717) is 5.69 Å². The van der Waals surface area contributed by atoms with E-state index in [1.54, 1.807) is 10.7 Å². The molecule has 2 aromatic rings. The molecule has 2 heterocycles. The number of aromatic nitrogens is 4. The Bertz CT molecular complexity index is 761. The summed E-state index contributed by atoms with van der Waals surface area (Å²) in [5.74, 6) is -0.888. The summed E-state index contributed by atoms with van der Waals surface area (Å²) in [6.07, 6.45) is 3.08. The summed E-state index contributed by atoms with van der Waals surface area (Å²) in [6, 6.07) is 1.74. The molecule has 0 aliphatic heterocycles. The minimum absolute atomic E-state index is 0.0120. The van der Waals surface area contributed by atoms with E-state index in [2.05, 4.69) is 10.2 Å². The number of halogens is 1. The summed E-state index contributed by atoms with van der Waals surface area (Å²) in [7, 11) is 0. The van der Waals surface area contributed by atoms with E-state index in [4.69, 9.17) is 0 Å². The van der Waals surface area contributed by atoms with Gasteiger partial charge in [-0.2, -0.15) is 10.2 Å². The molecule has 7 heteroatoms. The first kappa shape index (κ1) is 20.7. The fourth-order valence-electron chi connectivity index (χ4n) is 1.82. The Balaban J connectivity index is 0.000000251. The molecule has 0 aliphatic carbocycles. The van der Waals surface area contributed by atoms with E-state index in [-0.39, 0.29) is 28.3 Å². The summed E-state index contributed by atoms with van der Waals surface area (Å²) in [4.78, 5) is 21.8. The second-order valence-corrected chi connectivity index (χ2v) is 7.87. The van der Waals surface area contributed by atoms with Gasteiger partial charge >= 0.3 is 0 Å². The second-order valence-electron chi connectivity index (χ2n) is 7.87. The van der Waals surface area contributed by atoms with E-state index in [1.807, 2.05) is 47.7 Å². The van der Waals surface area contributed by atoms with Crippen LogP contribution < -0.4 is 0 Å². The number of Topliss-reactive ketones (excluding diaryl/α,β-unsaturated/α-hetero) is 2. The van der Waals surface area contributed by atoms with Crippen LogP contribution in [0.15, 0.2) is 18.5 Å². The van der Waals surface area contributed by atoms with Gasteiger partial charge in [0, 0.05) is 20.0 Å². The zero-order valence-electron chi connectivity index (χ0n) is 16.2. The molecule has 0 radical (unpaired) electrons. The van der Waals surface area contributed by atoms with Crippen LogP contribution >= 0.6 is 0 Å². The maximum atomic E-state index is 13.1. The number of carbonyl (C=O) groups excluding carboxylic acids is 2. The largest absolute Gasteiger partial charge is 0.293 e. The number of rotatable bonds is 2. The molecule has 0 N–H and O–H groups in total. The monoisotopic (exact) mass is 350 g/mol. The first-order valence-corrected chi connectivity index (χ1v) is 8.07. The fourth-order valence-corrected chi connectivity index (χ4v) is 1.82. The number of hydrogen-bond acceptors (Lipinski definition) is 4. The highest BCUT2D eigenvalue weighted by Gasteiger charge is 2.19. The van der Waals surface area contributed by atoms with Crippen LogP contribution in [-0.4, -0.2) is 31.1 Å². The summed E-state index contributed by atoms with van der Waals surface area (Å²) in [6.45, 7) is 14.6. The average Bonchev–Trinajstić information content (AvgIpc) is 3.03. The minimum Gasteiger partial charge on any atom is -0.293 e. The lowest BCUT2D eigenvalue weighted by atomic mass is 10.1. The molecule has 25 heavy (non-hydrogen) atoms. The Labute approximate surface area is 148 Å². The normalized spacial score (nSPS) is 11.7. The van der Waals surface area contributed by atoms with Crippen molar-refractivity contribution in [1.29, 1.82) is 0 Å². The van der Waals surface area contributed by atoms with Crippen LogP contribution in [-0.2, 0) is 11.1 Å². The van der Waals surface area contributed by atoms with Gasteiger partial charge in [0.05, 0.1) is 17.3 Å². The predicted molar refractivity (Wildman–Crippen MR) is 94.4 cm³/mol. The Hall–Kier alpha value is -2.31. The average molecular weight is 350 g/mol. The molecule has 0 aliphatic rings. The first-order chi connectivity index (χ1) is 11.2. The summed E-state index contributed by atoms with van der Waals surface area (Å²) in [5, 5.41) is 8.02. The van der Waals surface area contributed by atoms with E-state index < -0.39 is 5.82 Å². The van der Waals surface area contributed by atoms with Gasteiger partial charge in [0.25, 0.3) is 0 Å². The lowest BCUT2D eigenvalue weighted by Gasteiger charge is -2.18. The molecule has 0 aromatic carbocycles. The lowest BCUT2D eigenvalue weighted by Crippen LogP contribution is -2.22. The van der Waals surface area contributed by atoms with Crippen molar-refractivity contribution in [3.05, 3.63) is 35.7 Å². The number of ketones is 2. The van der Waals surface area contributed by atoms with Crippen LogP contribution in [0, 0.1) is 5.82 Å². The van der Waals surface area contributed by atoms with Gasteiger partial charge < -0.3 is 0 Å². The van der Waals surface area contributed by atoms with Gasteiger partial charge in [-0.3, -0.25) is 19.0 Å². The highest BCUT2D eigenvalue weighted by atomic mass is 19.1. The number of nitrogens with zero attached hydrogens (tertiary/aromatic N) is 4. The van der Waals surface area contributed by atoms with Crippen LogP contribution in [0.25, 0.3) is 0 Å². The molecule has 0 spiro atoms. The van der Waals surface area contributed by atoms with E-state index in [9.17, 15) is 14.0 Å². The van der Waals surface area contributed by atoms with Crippen LogP contribution in [0.3, 0.4) is 0 Å². The smallest absolute Gasteiger partial charge is 0.183 e. The van der Waals surface area contributed by atoms with Gasteiger partial charge in [-0.15, -0.1) is 0 Å². The van der Waals surface area contributed by atoms with Crippen molar-refractivity contribution in [3.63, 3.8) is 0 Å². The Morgan fingerprint density at radius 3 is 1.68 bits per heavy atom. The quantitative estimate of drug-likeness (QED) is 0.772. The van der Waals surface area contributed by atoms with Crippen LogP contribution in [0.2, 0.25) is 0 Å². The van der Waals surface area contributed by atoms with Gasteiger partial charge in [-0.05, 0) is 47.6 Å². The highest BCUT2D eigenvalue weighted by molar-refractivity contribution is 5.92. The second kappa shape index (κ2) is 7.29. The van der Waals surface area contributed by atoms with Crippen molar-refractivity contribution in [2.75, 3.05) is 0 Å². The zero-order valence-corrected chi connectivity index (χ0v) is 16.2. The first-order valence-electron chi connectivity index (χ1n) is 8.07. The number of carbonyl (C=O) groups is 2. The molecule has 0 fully saturated rings. The molecule has 0 amide bonds. The van der Waals surface area contributed by atoms with Gasteiger partial charge in [0.1, 0.15) is 5.69 Å². The van der Waals surface area contributed by atoms with Gasteiger partial charge in [-0.25, -0.2) is 4.39 Å². The SMILES string of the molecule is CC(=O)c1ccn(C(C)(C)C)n1.CC(=O)c1nn(C(C)(C)C)cc1F. The van der Waals surface area contributed by atoms with Crippen molar-refractivity contribution >= 4 is 11.6 Å². The van der Waals surface area contributed by atoms with Gasteiger partial charge in [-0.1, -0.05) is 0 Å². The molecule has 6 nitrogen and oxygen atoms in total. The zero-order chi connectivity index (χ0) is 19.6. The third-order valence-electron chi connectivity index (χ3n) is 3.33. The molecule has 2 aromatic heterocycles. The number of hydrogen-bond donors (Lipinski definition) is 0. The van der Waals surface area contributed by atoms with Crippen LogP contribution in [0.4, 0.5) is 4.39 Å². The third-order valence-corrected chi connectivity index (χ3v) is 3.33. The molecular weight excluding hydrogens is 323 g/mol. The van der Waals surface area contributed by atoms with Crippen LogP contribution in [0.5, 0.6) is 0 Å². The molecular formula is C18H27FN4O2. The Kier molecular flexibility index (Phi) is 6.05. The molecule has 0 unspecified atom stereocenters. The van der Waals surface area contributed by atoms with Crippen LogP contribution in [0.1, 0.15) is 76.4 Å².